The Morgan fingerprint density at radius 2 is 2.00 bits per heavy atom. The Morgan fingerprint density at radius 1 is 1.30 bits per heavy atom. The van der Waals surface area contributed by atoms with Gasteiger partial charge in [0.1, 0.15) is 0 Å². The zero-order chi connectivity index (χ0) is 15.2. The van der Waals surface area contributed by atoms with Gasteiger partial charge >= 0.3 is 0 Å². The third kappa shape index (κ3) is 5.43. The Morgan fingerprint density at radius 3 is 2.55 bits per heavy atom. The zero-order valence-electron chi connectivity index (χ0n) is 14.2. The number of hydrogen-bond acceptors (Lipinski definition) is 2. The van der Waals surface area contributed by atoms with Gasteiger partial charge in [-0.1, -0.05) is 41.0 Å². The van der Waals surface area contributed by atoms with Crippen LogP contribution in [0.3, 0.4) is 0 Å². The van der Waals surface area contributed by atoms with Crippen molar-refractivity contribution in [2.45, 2.75) is 72.8 Å². The summed E-state index contributed by atoms with van der Waals surface area (Å²) in [6, 6.07) is 0.379. The van der Waals surface area contributed by atoms with Gasteiger partial charge in [-0.2, -0.15) is 0 Å². The highest BCUT2D eigenvalue weighted by Crippen LogP contribution is 2.24. The van der Waals surface area contributed by atoms with Gasteiger partial charge in [-0.05, 0) is 37.1 Å². The predicted octanol–water partition coefficient (Wildman–Crippen LogP) is 3.44. The van der Waals surface area contributed by atoms with Crippen LogP contribution in [-0.2, 0) is 4.79 Å². The van der Waals surface area contributed by atoms with E-state index in [1.807, 2.05) is 0 Å². The molecular weight excluding hydrogens is 248 g/mol. The molecular formula is C17H34N2O. The molecule has 0 aromatic heterocycles. The molecule has 0 bridgehead atoms. The number of carbonyl (C=O) groups is 1. The van der Waals surface area contributed by atoms with Gasteiger partial charge in [0.05, 0.1) is 0 Å². The molecule has 1 aliphatic heterocycles. The maximum Gasteiger partial charge on any atom is 0.222 e. The van der Waals surface area contributed by atoms with E-state index in [-0.39, 0.29) is 5.41 Å². The van der Waals surface area contributed by atoms with Crippen LogP contribution in [0, 0.1) is 11.3 Å². The highest BCUT2D eigenvalue weighted by Gasteiger charge is 2.29. The van der Waals surface area contributed by atoms with Crippen molar-refractivity contribution < 1.29 is 4.79 Å². The number of rotatable bonds is 6. The first-order chi connectivity index (χ1) is 9.38. The molecule has 20 heavy (non-hydrogen) atoms. The fourth-order valence-corrected chi connectivity index (χ4v) is 2.88. The van der Waals surface area contributed by atoms with Crippen LogP contribution in [0.4, 0.5) is 0 Å². The number of hydrogen-bond donors (Lipinski definition) is 1. The van der Waals surface area contributed by atoms with Gasteiger partial charge in [0, 0.05) is 25.6 Å². The molecule has 0 spiro atoms. The lowest BCUT2D eigenvalue weighted by atomic mass is 9.86. The molecule has 1 aliphatic rings. The monoisotopic (exact) mass is 282 g/mol. The van der Waals surface area contributed by atoms with Crippen molar-refractivity contribution in [1.82, 2.24) is 10.2 Å². The molecule has 3 nitrogen and oxygen atoms in total. The minimum Gasteiger partial charge on any atom is -0.341 e. The van der Waals surface area contributed by atoms with E-state index in [1.54, 1.807) is 0 Å². The summed E-state index contributed by atoms with van der Waals surface area (Å²) < 4.78 is 0. The highest BCUT2D eigenvalue weighted by molar-refractivity contribution is 5.76. The van der Waals surface area contributed by atoms with Crippen molar-refractivity contribution in [2.75, 3.05) is 19.6 Å². The summed E-state index contributed by atoms with van der Waals surface area (Å²) in [5.74, 6) is 1.09. The summed E-state index contributed by atoms with van der Waals surface area (Å²) in [5.41, 5.74) is 0.186. The lowest BCUT2D eigenvalue weighted by molar-refractivity contribution is -0.131. The summed E-state index contributed by atoms with van der Waals surface area (Å²) >= 11 is 0. The average Bonchev–Trinajstić information content (AvgIpc) is 2.55. The summed E-state index contributed by atoms with van der Waals surface area (Å²) in [7, 11) is 0. The molecule has 1 rings (SSSR count). The number of likely N-dealkylation sites (tertiary alicyclic amines) is 1. The lowest BCUT2D eigenvalue weighted by Gasteiger charge is -2.36. The second-order valence-corrected chi connectivity index (χ2v) is 7.31. The standard InChI is InChI=1S/C17H34N2O/c1-6-11-18-15(17(3,4)5)13-19-12-10-14(7-2)8-9-16(19)20/h14-15,18H,6-13H2,1-5H3. The zero-order valence-corrected chi connectivity index (χ0v) is 14.2. The Labute approximate surface area is 125 Å². The smallest absolute Gasteiger partial charge is 0.222 e. The maximum atomic E-state index is 12.3. The Hall–Kier alpha value is -0.570. The molecule has 118 valence electrons. The van der Waals surface area contributed by atoms with Gasteiger partial charge in [-0.3, -0.25) is 4.79 Å². The van der Waals surface area contributed by atoms with Crippen molar-refractivity contribution in [3.05, 3.63) is 0 Å². The van der Waals surface area contributed by atoms with E-state index in [2.05, 4.69) is 44.8 Å². The van der Waals surface area contributed by atoms with Crippen molar-refractivity contribution >= 4 is 5.91 Å². The van der Waals surface area contributed by atoms with E-state index in [9.17, 15) is 4.79 Å². The van der Waals surface area contributed by atoms with Crippen LogP contribution in [-0.4, -0.2) is 36.5 Å². The summed E-state index contributed by atoms with van der Waals surface area (Å²) in [6.07, 6.45) is 5.33. The van der Waals surface area contributed by atoms with Crippen molar-refractivity contribution in [3.8, 4) is 0 Å². The summed E-state index contributed by atoms with van der Waals surface area (Å²) in [4.78, 5) is 14.4. The fraction of sp³-hybridized carbons (Fsp3) is 0.941. The molecule has 0 radical (unpaired) electrons. The first-order valence-corrected chi connectivity index (χ1v) is 8.39. The van der Waals surface area contributed by atoms with E-state index in [4.69, 9.17) is 0 Å². The molecule has 1 fully saturated rings. The molecule has 1 heterocycles. The number of nitrogens with zero attached hydrogens (tertiary/aromatic N) is 1. The second kappa shape index (κ2) is 8.02. The Bertz CT molecular complexity index is 296. The van der Waals surface area contributed by atoms with Crippen molar-refractivity contribution in [1.29, 1.82) is 0 Å². The Balaban J connectivity index is 2.64. The van der Waals surface area contributed by atoms with Crippen molar-refractivity contribution in [3.63, 3.8) is 0 Å². The minimum atomic E-state index is 0.186. The van der Waals surface area contributed by atoms with Gasteiger partial charge in [-0.15, -0.1) is 0 Å². The second-order valence-electron chi connectivity index (χ2n) is 7.31. The number of carbonyl (C=O) groups excluding carboxylic acids is 1. The van der Waals surface area contributed by atoms with E-state index in [0.29, 0.717) is 11.9 Å². The molecule has 0 aromatic rings. The largest absolute Gasteiger partial charge is 0.341 e. The van der Waals surface area contributed by atoms with Gasteiger partial charge < -0.3 is 10.2 Å². The van der Waals surface area contributed by atoms with Crippen LogP contribution in [0.25, 0.3) is 0 Å². The molecule has 0 aliphatic carbocycles. The third-order valence-electron chi connectivity index (χ3n) is 4.59. The lowest BCUT2D eigenvalue weighted by Crippen LogP contribution is -2.50. The van der Waals surface area contributed by atoms with Crippen molar-refractivity contribution in [2.24, 2.45) is 11.3 Å². The van der Waals surface area contributed by atoms with Gasteiger partial charge in [0.15, 0.2) is 0 Å². The van der Waals surface area contributed by atoms with Crippen LogP contribution in [0.5, 0.6) is 0 Å². The van der Waals surface area contributed by atoms with Gasteiger partial charge in [-0.25, -0.2) is 0 Å². The summed E-state index contributed by atoms with van der Waals surface area (Å²) in [6.45, 7) is 14.0. The predicted molar refractivity (Wildman–Crippen MR) is 85.7 cm³/mol. The minimum absolute atomic E-state index is 0.186. The SMILES string of the molecule is CCCNC(CN1CCC(CC)CCC1=O)C(C)(C)C. The molecule has 0 saturated carbocycles. The van der Waals surface area contributed by atoms with E-state index < -0.39 is 0 Å². The number of amides is 1. The third-order valence-corrected chi connectivity index (χ3v) is 4.59. The van der Waals surface area contributed by atoms with Crippen LogP contribution >= 0.6 is 0 Å². The van der Waals surface area contributed by atoms with Crippen LogP contribution in [0.15, 0.2) is 0 Å². The molecule has 3 heteroatoms. The van der Waals surface area contributed by atoms with E-state index in [1.165, 1.54) is 12.8 Å². The van der Waals surface area contributed by atoms with Gasteiger partial charge in [0.2, 0.25) is 5.91 Å². The first kappa shape index (κ1) is 17.5. The number of nitrogens with one attached hydrogen (secondary N) is 1. The van der Waals surface area contributed by atoms with E-state index >= 15 is 0 Å². The quantitative estimate of drug-likeness (QED) is 0.809. The molecule has 0 aromatic carbocycles. The molecule has 2 atom stereocenters. The van der Waals surface area contributed by atoms with Crippen LogP contribution in [0.2, 0.25) is 0 Å². The normalized spacial score (nSPS) is 22.8. The maximum absolute atomic E-state index is 12.3. The molecule has 1 N–H and O–H groups in total. The molecule has 2 unspecified atom stereocenters. The fourth-order valence-electron chi connectivity index (χ4n) is 2.88. The topological polar surface area (TPSA) is 32.3 Å². The highest BCUT2D eigenvalue weighted by atomic mass is 16.2. The Kier molecular flexibility index (Phi) is 7.01. The first-order valence-electron chi connectivity index (χ1n) is 8.39. The van der Waals surface area contributed by atoms with Crippen LogP contribution < -0.4 is 5.32 Å². The molecule has 1 amide bonds. The van der Waals surface area contributed by atoms with Gasteiger partial charge in [0.25, 0.3) is 0 Å². The van der Waals surface area contributed by atoms with E-state index in [0.717, 1.165) is 44.8 Å². The van der Waals surface area contributed by atoms with Crippen LogP contribution in [0.1, 0.15) is 66.7 Å². The molecule has 1 saturated heterocycles. The summed E-state index contributed by atoms with van der Waals surface area (Å²) in [5, 5.41) is 3.63. The average molecular weight is 282 g/mol.